The largest absolute Gasteiger partial charge is 0.508 e. The number of hydrogen-bond donors (Lipinski definition) is 2. The molecule has 25 heavy (non-hydrogen) atoms. The third-order valence-electron chi connectivity index (χ3n) is 4.02. The van der Waals surface area contributed by atoms with Crippen LogP contribution in [0.2, 0.25) is 0 Å². The molecule has 0 heterocycles. The molecule has 0 bridgehead atoms. The topological polar surface area (TPSA) is 40.5 Å². The van der Waals surface area contributed by atoms with E-state index in [1.54, 1.807) is 25.1 Å². The van der Waals surface area contributed by atoms with Crippen LogP contribution in [-0.2, 0) is 6.42 Å². The molecule has 0 aromatic heterocycles. The normalized spacial score (nSPS) is 15.9. The van der Waals surface area contributed by atoms with E-state index in [4.69, 9.17) is 5.11 Å². The maximum Gasteiger partial charge on any atom is 0.438 e. The highest BCUT2D eigenvalue weighted by Crippen LogP contribution is 2.43. The number of aliphatic hydroxyl groups is 1. The molecular formula is C17H14F6O2. The number of rotatable bonds is 2. The maximum atomic E-state index is 12.6. The van der Waals surface area contributed by atoms with Gasteiger partial charge in [0.05, 0.1) is 0 Å². The molecule has 1 aromatic rings. The molecule has 1 aliphatic rings. The van der Waals surface area contributed by atoms with Gasteiger partial charge in [-0.3, -0.25) is 0 Å². The maximum absolute atomic E-state index is 12.6. The lowest BCUT2D eigenvalue weighted by atomic mass is 9.92. The zero-order valence-corrected chi connectivity index (χ0v) is 13.0. The van der Waals surface area contributed by atoms with Gasteiger partial charge in [-0.05, 0) is 35.5 Å². The van der Waals surface area contributed by atoms with Crippen molar-refractivity contribution >= 4 is 5.57 Å². The van der Waals surface area contributed by atoms with Crippen molar-refractivity contribution in [3.05, 3.63) is 35.4 Å². The average Bonchev–Trinajstić information content (AvgIpc) is 2.90. The highest BCUT2D eigenvalue weighted by molar-refractivity contribution is 5.76. The number of alkyl halides is 6. The molecule has 1 atom stereocenters. The van der Waals surface area contributed by atoms with Gasteiger partial charge < -0.3 is 10.2 Å². The summed E-state index contributed by atoms with van der Waals surface area (Å²) in [6, 6.07) is 4.80. The minimum Gasteiger partial charge on any atom is -0.508 e. The molecular weight excluding hydrogens is 350 g/mol. The fourth-order valence-electron chi connectivity index (χ4n) is 2.59. The second-order valence-electron chi connectivity index (χ2n) is 5.78. The molecule has 2 nitrogen and oxygen atoms in total. The molecule has 1 unspecified atom stereocenters. The molecule has 0 saturated carbocycles. The molecule has 0 saturated heterocycles. The Bertz CT molecular complexity index is 735. The van der Waals surface area contributed by atoms with Crippen LogP contribution in [0.4, 0.5) is 26.3 Å². The smallest absolute Gasteiger partial charge is 0.438 e. The number of allylic oxidation sites excluding steroid dienone is 2. The lowest BCUT2D eigenvalue weighted by molar-refractivity contribution is -0.343. The second kappa shape index (κ2) is 6.30. The Hall–Kier alpha value is -2.14. The van der Waals surface area contributed by atoms with Crippen LogP contribution >= 0.6 is 0 Å². The lowest BCUT2D eigenvalue weighted by Crippen LogP contribution is -2.55. The molecule has 2 rings (SSSR count). The van der Waals surface area contributed by atoms with Crippen molar-refractivity contribution in [3.63, 3.8) is 0 Å². The Morgan fingerprint density at radius 1 is 1.12 bits per heavy atom. The summed E-state index contributed by atoms with van der Waals surface area (Å²) in [6.07, 6.45) is -10.0. The van der Waals surface area contributed by atoms with Crippen molar-refractivity contribution in [2.45, 2.75) is 37.7 Å². The average molecular weight is 364 g/mol. The monoisotopic (exact) mass is 364 g/mol. The Morgan fingerprint density at radius 2 is 1.72 bits per heavy atom. The van der Waals surface area contributed by atoms with E-state index in [0.717, 1.165) is 5.92 Å². The highest BCUT2D eigenvalue weighted by atomic mass is 19.4. The summed E-state index contributed by atoms with van der Waals surface area (Å²) in [5, 5.41) is 18.7. The fraction of sp³-hybridized carbons (Fsp3) is 0.412. The zero-order valence-electron chi connectivity index (χ0n) is 13.0. The third-order valence-corrected chi connectivity index (χ3v) is 4.02. The number of halogens is 6. The van der Waals surface area contributed by atoms with Crippen molar-refractivity contribution in [1.82, 2.24) is 0 Å². The van der Waals surface area contributed by atoms with Gasteiger partial charge in [-0.15, -0.1) is 0 Å². The van der Waals surface area contributed by atoms with Crippen molar-refractivity contribution in [3.8, 4) is 17.6 Å². The van der Waals surface area contributed by atoms with Gasteiger partial charge in [-0.2, -0.15) is 26.3 Å². The van der Waals surface area contributed by atoms with E-state index >= 15 is 0 Å². The van der Waals surface area contributed by atoms with Gasteiger partial charge in [0, 0.05) is 12.0 Å². The molecule has 0 spiro atoms. The van der Waals surface area contributed by atoms with Crippen LogP contribution in [0.25, 0.3) is 5.57 Å². The molecule has 0 fully saturated rings. The predicted molar refractivity (Wildman–Crippen MR) is 78.4 cm³/mol. The van der Waals surface area contributed by atoms with Gasteiger partial charge in [-0.1, -0.05) is 31.1 Å². The molecule has 0 amide bonds. The molecule has 136 valence electrons. The van der Waals surface area contributed by atoms with Crippen LogP contribution in [0.1, 0.15) is 24.5 Å². The van der Waals surface area contributed by atoms with E-state index in [2.05, 4.69) is 0 Å². The fourth-order valence-corrected chi connectivity index (χ4v) is 2.59. The van der Waals surface area contributed by atoms with Crippen LogP contribution in [0.3, 0.4) is 0 Å². The summed E-state index contributed by atoms with van der Waals surface area (Å²) in [4.78, 5) is 0. The van der Waals surface area contributed by atoms with Crippen LogP contribution in [-0.4, -0.2) is 28.2 Å². The summed E-state index contributed by atoms with van der Waals surface area (Å²) < 4.78 is 75.3. The number of fused-ring (bicyclic) bond motifs is 1. The quantitative estimate of drug-likeness (QED) is 0.610. The minimum absolute atomic E-state index is 0.0746. The first kappa shape index (κ1) is 19.2. The Kier molecular flexibility index (Phi) is 4.83. The van der Waals surface area contributed by atoms with Gasteiger partial charge in [-0.25, -0.2) is 0 Å². The van der Waals surface area contributed by atoms with Crippen molar-refractivity contribution in [2.24, 2.45) is 5.92 Å². The van der Waals surface area contributed by atoms with E-state index in [1.807, 2.05) is 5.92 Å². The summed E-state index contributed by atoms with van der Waals surface area (Å²) in [6.45, 7) is 1.60. The Labute approximate surface area is 139 Å². The van der Waals surface area contributed by atoms with Crippen LogP contribution in [0.5, 0.6) is 5.75 Å². The van der Waals surface area contributed by atoms with Gasteiger partial charge in [0.25, 0.3) is 0 Å². The first-order valence-corrected chi connectivity index (χ1v) is 7.25. The van der Waals surface area contributed by atoms with E-state index in [0.29, 0.717) is 23.1 Å². The number of phenolic OH excluding ortho intramolecular Hbond substituents is 1. The van der Waals surface area contributed by atoms with Crippen molar-refractivity contribution < 1.29 is 36.6 Å². The van der Waals surface area contributed by atoms with Crippen LogP contribution in [0, 0.1) is 17.8 Å². The molecule has 0 radical (unpaired) electrons. The second-order valence-corrected chi connectivity index (χ2v) is 5.78. The first-order valence-electron chi connectivity index (χ1n) is 7.25. The number of aromatic hydroxyl groups is 1. The molecule has 8 heteroatoms. The van der Waals surface area contributed by atoms with Gasteiger partial charge in [0.1, 0.15) is 5.75 Å². The molecule has 0 aliphatic heterocycles. The van der Waals surface area contributed by atoms with E-state index in [1.165, 1.54) is 6.07 Å². The predicted octanol–water partition coefficient (Wildman–Crippen LogP) is 4.22. The first-order chi connectivity index (χ1) is 11.4. The summed E-state index contributed by atoms with van der Waals surface area (Å²) in [7, 11) is 0. The molecule has 2 N–H and O–H groups in total. The Morgan fingerprint density at radius 3 is 2.28 bits per heavy atom. The van der Waals surface area contributed by atoms with Gasteiger partial charge in [0.15, 0.2) is 0 Å². The van der Waals surface area contributed by atoms with Gasteiger partial charge in [0.2, 0.25) is 0 Å². The van der Waals surface area contributed by atoms with Gasteiger partial charge >= 0.3 is 18.0 Å². The lowest BCUT2D eigenvalue weighted by Gasteiger charge is -2.27. The number of hydrogen-bond acceptors (Lipinski definition) is 2. The minimum atomic E-state index is -5.95. The summed E-state index contributed by atoms with van der Waals surface area (Å²) >= 11 is 0. The standard InChI is InChI=1S/C17H14F6O2/c1-10(11-7-8-13-12(11)5-2-6-14(13)24)4-3-9-15(25,16(18,19)20)17(21,22)23/h2,5-7,10,24-25H,4,8H2,1H3. The molecule has 1 aromatic carbocycles. The summed E-state index contributed by atoms with van der Waals surface area (Å²) in [5.74, 6) is 2.37. The number of phenols is 1. The zero-order chi connectivity index (χ0) is 19.0. The van der Waals surface area contributed by atoms with Crippen molar-refractivity contribution in [2.75, 3.05) is 0 Å². The molecule has 1 aliphatic carbocycles. The van der Waals surface area contributed by atoms with E-state index in [-0.39, 0.29) is 12.2 Å². The van der Waals surface area contributed by atoms with Crippen LogP contribution < -0.4 is 0 Å². The SMILES string of the molecule is CC(CC#CC(O)(C(F)(F)F)C(F)(F)F)C1=CCc2c(O)cccc21. The van der Waals surface area contributed by atoms with Crippen LogP contribution in [0.15, 0.2) is 24.3 Å². The summed E-state index contributed by atoms with van der Waals surface area (Å²) in [5.41, 5.74) is -3.03. The van der Waals surface area contributed by atoms with E-state index in [9.17, 15) is 31.4 Å². The Balaban J connectivity index is 2.21. The highest BCUT2D eigenvalue weighted by Gasteiger charge is 2.70. The van der Waals surface area contributed by atoms with E-state index < -0.39 is 23.9 Å². The third kappa shape index (κ3) is 3.47. The van der Waals surface area contributed by atoms with Crippen molar-refractivity contribution in [1.29, 1.82) is 0 Å². The number of benzene rings is 1.